The van der Waals surface area contributed by atoms with Gasteiger partial charge < -0.3 is 10.6 Å². The van der Waals surface area contributed by atoms with Crippen LogP contribution in [-0.2, 0) is 0 Å². The first-order chi connectivity index (χ1) is 8.24. The van der Waals surface area contributed by atoms with Crippen molar-refractivity contribution >= 4 is 27.3 Å². The van der Waals surface area contributed by atoms with Crippen molar-refractivity contribution in [2.75, 3.05) is 17.2 Å². The summed E-state index contributed by atoms with van der Waals surface area (Å²) in [6.45, 7) is 3.36. The molecule has 0 spiro atoms. The molecular weight excluding hydrogens is 278 g/mol. The molecule has 1 fully saturated rings. The summed E-state index contributed by atoms with van der Waals surface area (Å²) in [6, 6.07) is 0.610. The van der Waals surface area contributed by atoms with Crippen LogP contribution in [-0.4, -0.2) is 17.6 Å². The summed E-state index contributed by atoms with van der Waals surface area (Å²) in [4.78, 5) is 6.58. The van der Waals surface area contributed by atoms with Crippen molar-refractivity contribution in [1.82, 2.24) is 4.98 Å². The van der Waals surface area contributed by atoms with E-state index in [2.05, 4.69) is 32.7 Å². The van der Waals surface area contributed by atoms with Gasteiger partial charge in [0.1, 0.15) is 0 Å². The van der Waals surface area contributed by atoms with Crippen molar-refractivity contribution in [3.63, 3.8) is 0 Å². The quantitative estimate of drug-likeness (QED) is 0.907. The summed E-state index contributed by atoms with van der Waals surface area (Å²) in [5.41, 5.74) is 8.00. The highest BCUT2D eigenvalue weighted by Crippen LogP contribution is 2.35. The van der Waals surface area contributed by atoms with Crippen molar-refractivity contribution in [2.45, 2.75) is 45.1 Å². The lowest BCUT2D eigenvalue weighted by Crippen LogP contribution is -2.35. The number of nitrogen functional groups attached to an aromatic ring is 1. The lowest BCUT2D eigenvalue weighted by Gasteiger charge is -2.33. The topological polar surface area (TPSA) is 42.1 Å². The molecule has 1 aliphatic rings. The van der Waals surface area contributed by atoms with E-state index in [-0.39, 0.29) is 0 Å². The molecule has 0 bridgehead atoms. The molecule has 0 saturated carbocycles. The summed E-state index contributed by atoms with van der Waals surface area (Å²) in [5, 5.41) is 0. The van der Waals surface area contributed by atoms with Gasteiger partial charge in [-0.25, -0.2) is 0 Å². The molecule has 1 saturated heterocycles. The van der Waals surface area contributed by atoms with Crippen molar-refractivity contribution in [2.24, 2.45) is 0 Å². The molecule has 94 valence electrons. The van der Waals surface area contributed by atoms with Gasteiger partial charge in [-0.1, -0.05) is 19.8 Å². The number of nitrogens with zero attached hydrogens (tertiary/aromatic N) is 2. The highest BCUT2D eigenvalue weighted by molar-refractivity contribution is 9.10. The maximum Gasteiger partial charge on any atom is 0.0778 e. The SMILES string of the molecule is CCC1CCCCCN1c1c(N)cncc1Br. The highest BCUT2D eigenvalue weighted by atomic mass is 79.9. The van der Waals surface area contributed by atoms with Gasteiger partial charge in [-0.05, 0) is 35.2 Å². The zero-order valence-electron chi connectivity index (χ0n) is 10.3. The first-order valence-electron chi connectivity index (χ1n) is 6.39. The van der Waals surface area contributed by atoms with Crippen LogP contribution in [0.4, 0.5) is 11.4 Å². The summed E-state index contributed by atoms with van der Waals surface area (Å²) >= 11 is 3.58. The second kappa shape index (κ2) is 5.71. The molecule has 1 aliphatic heterocycles. The van der Waals surface area contributed by atoms with Gasteiger partial charge in [0.15, 0.2) is 0 Å². The third-order valence-electron chi connectivity index (χ3n) is 3.54. The molecule has 2 N–H and O–H groups in total. The van der Waals surface area contributed by atoms with Crippen molar-refractivity contribution < 1.29 is 0 Å². The van der Waals surface area contributed by atoms with Gasteiger partial charge in [0.2, 0.25) is 0 Å². The number of halogens is 1. The van der Waals surface area contributed by atoms with E-state index in [0.717, 1.165) is 22.4 Å². The van der Waals surface area contributed by atoms with E-state index in [9.17, 15) is 0 Å². The fraction of sp³-hybridized carbons (Fsp3) is 0.615. The van der Waals surface area contributed by atoms with Crippen LogP contribution >= 0.6 is 15.9 Å². The average molecular weight is 298 g/mol. The Bertz CT molecular complexity index is 361. The Hall–Kier alpha value is -0.770. The number of hydrogen-bond donors (Lipinski definition) is 1. The second-order valence-corrected chi connectivity index (χ2v) is 5.52. The number of hydrogen-bond acceptors (Lipinski definition) is 3. The maximum atomic E-state index is 6.09. The van der Waals surface area contributed by atoms with E-state index in [1.165, 1.54) is 32.1 Å². The normalized spacial score (nSPS) is 21.3. The molecular formula is C13H20BrN3. The fourth-order valence-electron chi connectivity index (χ4n) is 2.64. The number of pyridine rings is 1. The zero-order valence-corrected chi connectivity index (χ0v) is 11.9. The molecule has 1 unspecified atom stereocenters. The minimum atomic E-state index is 0.610. The Morgan fingerprint density at radius 1 is 1.41 bits per heavy atom. The molecule has 2 heterocycles. The summed E-state index contributed by atoms with van der Waals surface area (Å²) < 4.78 is 1.01. The van der Waals surface area contributed by atoms with Gasteiger partial charge in [-0.3, -0.25) is 4.98 Å². The van der Waals surface area contributed by atoms with Crippen LogP contribution in [0.1, 0.15) is 39.0 Å². The van der Waals surface area contributed by atoms with Gasteiger partial charge in [0.25, 0.3) is 0 Å². The summed E-state index contributed by atoms with van der Waals surface area (Å²) in [7, 11) is 0. The molecule has 17 heavy (non-hydrogen) atoms. The summed E-state index contributed by atoms with van der Waals surface area (Å²) in [6.07, 6.45) is 9.94. The minimum Gasteiger partial charge on any atom is -0.396 e. The molecule has 1 aromatic rings. The molecule has 0 aromatic carbocycles. The molecule has 4 heteroatoms. The third kappa shape index (κ3) is 2.73. The number of nitrogens with two attached hydrogens (primary N) is 1. The Labute approximate surface area is 112 Å². The summed E-state index contributed by atoms with van der Waals surface area (Å²) in [5.74, 6) is 0. The predicted molar refractivity (Wildman–Crippen MR) is 76.2 cm³/mol. The maximum absolute atomic E-state index is 6.09. The van der Waals surface area contributed by atoms with Gasteiger partial charge in [-0.2, -0.15) is 0 Å². The van der Waals surface area contributed by atoms with Crippen LogP contribution in [0, 0.1) is 0 Å². The van der Waals surface area contributed by atoms with Crippen LogP contribution in [0.3, 0.4) is 0 Å². The first-order valence-corrected chi connectivity index (χ1v) is 7.19. The molecule has 0 radical (unpaired) electrons. The highest BCUT2D eigenvalue weighted by Gasteiger charge is 2.23. The number of aromatic nitrogens is 1. The molecule has 1 atom stereocenters. The number of rotatable bonds is 2. The van der Waals surface area contributed by atoms with Crippen molar-refractivity contribution in [3.05, 3.63) is 16.9 Å². The van der Waals surface area contributed by atoms with Crippen molar-refractivity contribution in [1.29, 1.82) is 0 Å². The van der Waals surface area contributed by atoms with Crippen LogP contribution in [0.5, 0.6) is 0 Å². The lowest BCUT2D eigenvalue weighted by atomic mass is 10.1. The monoisotopic (exact) mass is 297 g/mol. The average Bonchev–Trinajstić information content (AvgIpc) is 2.54. The van der Waals surface area contributed by atoms with Crippen LogP contribution in [0.2, 0.25) is 0 Å². The van der Waals surface area contributed by atoms with Crippen LogP contribution < -0.4 is 10.6 Å². The predicted octanol–water partition coefficient (Wildman–Crippen LogP) is 3.59. The van der Waals surface area contributed by atoms with E-state index in [1.54, 1.807) is 6.20 Å². The van der Waals surface area contributed by atoms with Crippen LogP contribution in [0.15, 0.2) is 16.9 Å². The van der Waals surface area contributed by atoms with Crippen LogP contribution in [0.25, 0.3) is 0 Å². The Morgan fingerprint density at radius 2 is 2.24 bits per heavy atom. The zero-order chi connectivity index (χ0) is 12.3. The largest absolute Gasteiger partial charge is 0.396 e. The second-order valence-electron chi connectivity index (χ2n) is 4.66. The van der Waals surface area contributed by atoms with Gasteiger partial charge >= 0.3 is 0 Å². The third-order valence-corrected chi connectivity index (χ3v) is 4.12. The van der Waals surface area contributed by atoms with E-state index in [4.69, 9.17) is 5.73 Å². The Morgan fingerprint density at radius 3 is 2.94 bits per heavy atom. The molecule has 1 aromatic heterocycles. The van der Waals surface area contributed by atoms with Gasteiger partial charge in [0.05, 0.1) is 22.0 Å². The Balaban J connectivity index is 2.34. The standard InChI is InChI=1S/C13H20BrN3/c1-2-10-6-4-3-5-7-17(10)13-11(14)8-16-9-12(13)15/h8-10H,2-7,15H2,1H3. The van der Waals surface area contributed by atoms with E-state index < -0.39 is 0 Å². The number of anilines is 2. The van der Waals surface area contributed by atoms with Gasteiger partial charge in [0, 0.05) is 18.8 Å². The van der Waals surface area contributed by atoms with Crippen molar-refractivity contribution in [3.8, 4) is 0 Å². The smallest absolute Gasteiger partial charge is 0.0778 e. The lowest BCUT2D eigenvalue weighted by molar-refractivity contribution is 0.556. The minimum absolute atomic E-state index is 0.610. The molecule has 0 aliphatic carbocycles. The first kappa shape index (κ1) is 12.7. The Kier molecular flexibility index (Phi) is 4.26. The van der Waals surface area contributed by atoms with Gasteiger partial charge in [-0.15, -0.1) is 0 Å². The van der Waals surface area contributed by atoms with E-state index >= 15 is 0 Å². The van der Waals surface area contributed by atoms with E-state index in [1.807, 2.05) is 6.20 Å². The molecule has 3 nitrogen and oxygen atoms in total. The molecule has 0 amide bonds. The molecule has 2 rings (SSSR count). The van der Waals surface area contributed by atoms with E-state index in [0.29, 0.717) is 6.04 Å². The fourth-order valence-corrected chi connectivity index (χ4v) is 3.22.